The third-order valence-electron chi connectivity index (χ3n) is 3.23. The van der Waals surface area contributed by atoms with Gasteiger partial charge in [0.05, 0.1) is 0 Å². The number of hydrogen-bond acceptors (Lipinski definition) is 3. The lowest BCUT2D eigenvalue weighted by molar-refractivity contribution is 0.0522. The molecule has 124 valence electrons. The van der Waals surface area contributed by atoms with Crippen LogP contribution in [0, 0.1) is 13.8 Å². The van der Waals surface area contributed by atoms with E-state index >= 15 is 0 Å². The van der Waals surface area contributed by atoms with Crippen molar-refractivity contribution >= 4 is 6.09 Å². The minimum atomic E-state index is -0.465. The number of benzene rings is 1. The second kappa shape index (κ2) is 7.63. The molecule has 4 heteroatoms. The van der Waals surface area contributed by atoms with E-state index in [9.17, 15) is 4.79 Å². The summed E-state index contributed by atoms with van der Waals surface area (Å²) in [6.45, 7) is 14.5. The molecule has 0 aliphatic rings. The first-order valence-electron chi connectivity index (χ1n) is 7.88. The van der Waals surface area contributed by atoms with Gasteiger partial charge in [-0.15, -0.1) is 0 Å². The number of amides is 1. The van der Waals surface area contributed by atoms with Crippen LogP contribution in [0.1, 0.15) is 57.4 Å². The molecular weight excluding hydrogens is 276 g/mol. The third kappa shape index (κ3) is 6.94. The summed E-state index contributed by atoms with van der Waals surface area (Å²) in [6, 6.07) is 6.94. The fourth-order valence-corrected chi connectivity index (χ4v) is 2.39. The second-order valence-corrected chi connectivity index (χ2v) is 7.09. The van der Waals surface area contributed by atoms with Crippen LogP contribution in [0.15, 0.2) is 18.2 Å². The van der Waals surface area contributed by atoms with E-state index < -0.39 is 5.60 Å². The Morgan fingerprint density at radius 1 is 1.14 bits per heavy atom. The van der Waals surface area contributed by atoms with Crippen LogP contribution >= 0.6 is 0 Å². The number of ether oxygens (including phenoxy) is 1. The fourth-order valence-electron chi connectivity index (χ4n) is 2.39. The van der Waals surface area contributed by atoms with Gasteiger partial charge in [0.1, 0.15) is 5.60 Å². The summed E-state index contributed by atoms with van der Waals surface area (Å²) in [7, 11) is 0. The summed E-state index contributed by atoms with van der Waals surface area (Å²) in [5, 5.41) is 6.29. The molecule has 0 bridgehead atoms. The van der Waals surface area contributed by atoms with Gasteiger partial charge < -0.3 is 15.4 Å². The Morgan fingerprint density at radius 2 is 1.68 bits per heavy atom. The van der Waals surface area contributed by atoms with Crippen LogP contribution in [-0.4, -0.2) is 24.3 Å². The molecule has 1 rings (SSSR count). The lowest BCUT2D eigenvalue weighted by atomic mass is 10.0. The van der Waals surface area contributed by atoms with Crippen LogP contribution in [0.5, 0.6) is 0 Å². The lowest BCUT2D eigenvalue weighted by Crippen LogP contribution is -2.42. The van der Waals surface area contributed by atoms with Crippen molar-refractivity contribution < 1.29 is 9.53 Å². The number of nitrogens with one attached hydrogen (secondary N) is 2. The summed E-state index contributed by atoms with van der Waals surface area (Å²) < 4.78 is 5.23. The molecule has 0 aromatic heterocycles. The largest absolute Gasteiger partial charge is 0.444 e. The van der Waals surface area contributed by atoms with Gasteiger partial charge in [0, 0.05) is 18.6 Å². The SMILES string of the molecule is Cc1cc(C)cc(C(C)NC(C)CNC(=O)OC(C)(C)C)c1. The maximum Gasteiger partial charge on any atom is 0.407 e. The second-order valence-electron chi connectivity index (χ2n) is 7.09. The number of rotatable bonds is 5. The van der Waals surface area contributed by atoms with E-state index in [-0.39, 0.29) is 18.2 Å². The van der Waals surface area contributed by atoms with Gasteiger partial charge in [0.2, 0.25) is 0 Å². The average molecular weight is 306 g/mol. The van der Waals surface area contributed by atoms with E-state index in [1.165, 1.54) is 16.7 Å². The van der Waals surface area contributed by atoms with E-state index in [1.807, 2.05) is 20.8 Å². The van der Waals surface area contributed by atoms with Crippen LogP contribution in [0.4, 0.5) is 4.79 Å². The van der Waals surface area contributed by atoms with Gasteiger partial charge >= 0.3 is 6.09 Å². The molecule has 0 heterocycles. The minimum Gasteiger partial charge on any atom is -0.444 e. The average Bonchev–Trinajstić information content (AvgIpc) is 2.33. The zero-order chi connectivity index (χ0) is 16.9. The molecule has 0 aliphatic heterocycles. The first-order chi connectivity index (χ1) is 10.1. The van der Waals surface area contributed by atoms with Crippen LogP contribution in [-0.2, 0) is 4.74 Å². The van der Waals surface area contributed by atoms with Gasteiger partial charge in [-0.25, -0.2) is 4.79 Å². The predicted octanol–water partition coefficient (Wildman–Crippen LogP) is 3.87. The number of carbonyl (C=O) groups is 1. The van der Waals surface area contributed by atoms with E-state index in [1.54, 1.807) is 0 Å². The Labute approximate surface area is 134 Å². The molecule has 22 heavy (non-hydrogen) atoms. The molecular formula is C18H30N2O2. The molecule has 2 N–H and O–H groups in total. The van der Waals surface area contributed by atoms with Crippen molar-refractivity contribution in [2.75, 3.05) is 6.54 Å². The van der Waals surface area contributed by atoms with E-state index in [4.69, 9.17) is 4.74 Å². The van der Waals surface area contributed by atoms with Gasteiger partial charge in [-0.05, 0) is 54.0 Å². The molecule has 1 aromatic rings. The standard InChI is InChI=1S/C18H30N2O2/c1-12-8-13(2)10-16(9-12)15(4)20-14(3)11-19-17(21)22-18(5,6)7/h8-10,14-15,20H,11H2,1-7H3,(H,19,21). The Balaban J connectivity index is 2.47. The smallest absolute Gasteiger partial charge is 0.407 e. The van der Waals surface area contributed by atoms with Crippen molar-refractivity contribution in [2.45, 2.75) is 66.2 Å². The maximum absolute atomic E-state index is 11.6. The van der Waals surface area contributed by atoms with Crippen LogP contribution < -0.4 is 10.6 Å². The summed E-state index contributed by atoms with van der Waals surface area (Å²) in [4.78, 5) is 11.6. The predicted molar refractivity (Wildman–Crippen MR) is 91.2 cm³/mol. The summed E-state index contributed by atoms with van der Waals surface area (Å²) in [5.41, 5.74) is 3.33. The normalized spacial score (nSPS) is 14.3. The van der Waals surface area contributed by atoms with Gasteiger partial charge in [0.15, 0.2) is 0 Å². The van der Waals surface area contributed by atoms with Crippen molar-refractivity contribution in [1.29, 1.82) is 0 Å². The maximum atomic E-state index is 11.6. The third-order valence-corrected chi connectivity index (χ3v) is 3.23. The number of hydrogen-bond donors (Lipinski definition) is 2. The van der Waals surface area contributed by atoms with Gasteiger partial charge in [0.25, 0.3) is 0 Å². The molecule has 0 aliphatic carbocycles. The van der Waals surface area contributed by atoms with Crippen molar-refractivity contribution in [3.63, 3.8) is 0 Å². The number of aryl methyl sites for hydroxylation is 2. The van der Waals surface area contributed by atoms with E-state index in [0.29, 0.717) is 6.54 Å². The van der Waals surface area contributed by atoms with Crippen LogP contribution in [0.2, 0.25) is 0 Å². The molecule has 0 radical (unpaired) electrons. The number of alkyl carbamates (subject to hydrolysis) is 1. The fraction of sp³-hybridized carbons (Fsp3) is 0.611. The Kier molecular flexibility index (Phi) is 6.42. The molecule has 0 fully saturated rings. The molecule has 1 amide bonds. The zero-order valence-corrected chi connectivity index (χ0v) is 14.9. The van der Waals surface area contributed by atoms with E-state index in [2.05, 4.69) is 56.5 Å². The quantitative estimate of drug-likeness (QED) is 0.868. The minimum absolute atomic E-state index is 0.156. The molecule has 4 nitrogen and oxygen atoms in total. The summed E-state index contributed by atoms with van der Waals surface area (Å²) in [6.07, 6.45) is -0.375. The molecule has 0 saturated heterocycles. The monoisotopic (exact) mass is 306 g/mol. The molecule has 0 spiro atoms. The highest BCUT2D eigenvalue weighted by molar-refractivity contribution is 5.67. The first-order valence-corrected chi connectivity index (χ1v) is 7.88. The van der Waals surface area contributed by atoms with Crippen molar-refractivity contribution in [3.8, 4) is 0 Å². The number of carbonyl (C=O) groups excluding carboxylic acids is 1. The highest BCUT2D eigenvalue weighted by atomic mass is 16.6. The molecule has 1 aromatic carbocycles. The highest BCUT2D eigenvalue weighted by Gasteiger charge is 2.17. The van der Waals surface area contributed by atoms with Crippen LogP contribution in [0.3, 0.4) is 0 Å². The highest BCUT2D eigenvalue weighted by Crippen LogP contribution is 2.17. The van der Waals surface area contributed by atoms with Gasteiger partial charge in [-0.2, -0.15) is 0 Å². The van der Waals surface area contributed by atoms with Gasteiger partial charge in [-0.1, -0.05) is 29.3 Å². The van der Waals surface area contributed by atoms with Gasteiger partial charge in [-0.3, -0.25) is 0 Å². The zero-order valence-electron chi connectivity index (χ0n) is 14.9. The summed E-state index contributed by atoms with van der Waals surface area (Å²) in [5.74, 6) is 0. The molecule has 2 atom stereocenters. The van der Waals surface area contributed by atoms with E-state index in [0.717, 1.165) is 0 Å². The lowest BCUT2D eigenvalue weighted by Gasteiger charge is -2.23. The first kappa shape index (κ1) is 18.5. The molecule has 0 saturated carbocycles. The van der Waals surface area contributed by atoms with Crippen molar-refractivity contribution in [3.05, 3.63) is 34.9 Å². The Morgan fingerprint density at radius 3 is 2.18 bits per heavy atom. The topological polar surface area (TPSA) is 50.4 Å². The van der Waals surface area contributed by atoms with Crippen molar-refractivity contribution in [2.24, 2.45) is 0 Å². The summed E-state index contributed by atoms with van der Waals surface area (Å²) >= 11 is 0. The molecule has 2 unspecified atom stereocenters. The Bertz CT molecular complexity index is 486. The van der Waals surface area contributed by atoms with Crippen LogP contribution in [0.25, 0.3) is 0 Å². The van der Waals surface area contributed by atoms with Crippen molar-refractivity contribution in [1.82, 2.24) is 10.6 Å². The Hall–Kier alpha value is -1.55.